The zero-order chi connectivity index (χ0) is 21.0. The molecule has 2 amide bonds. The summed E-state index contributed by atoms with van der Waals surface area (Å²) in [6, 6.07) is 16.7. The number of rotatable bonds is 5. The summed E-state index contributed by atoms with van der Waals surface area (Å²) in [5, 5.41) is 6.76. The highest BCUT2D eigenvalue weighted by molar-refractivity contribution is 9.10. The molecule has 0 fully saturated rings. The number of hydrogen-bond donors (Lipinski definition) is 2. The summed E-state index contributed by atoms with van der Waals surface area (Å²) in [5.41, 5.74) is 7.72. The number of amides is 2. The first-order valence-corrected chi connectivity index (χ1v) is 9.80. The zero-order valence-corrected chi connectivity index (χ0v) is 17.9. The van der Waals surface area contributed by atoms with Gasteiger partial charge in [-0.15, -0.1) is 0 Å². The van der Waals surface area contributed by atoms with Crippen molar-refractivity contribution in [3.8, 4) is 5.69 Å². The molecule has 29 heavy (non-hydrogen) atoms. The zero-order valence-electron chi connectivity index (χ0n) is 16.4. The molecule has 0 spiro atoms. The highest BCUT2D eigenvalue weighted by Gasteiger charge is 2.10. The van der Waals surface area contributed by atoms with Crippen molar-refractivity contribution < 1.29 is 9.59 Å². The van der Waals surface area contributed by atoms with Crippen LogP contribution in [-0.4, -0.2) is 22.6 Å². The first kappa shape index (κ1) is 20.5. The molecule has 0 aliphatic rings. The van der Waals surface area contributed by atoms with Gasteiger partial charge in [-0.1, -0.05) is 15.9 Å². The molecule has 0 unspecified atom stereocenters. The molecule has 7 heteroatoms. The minimum atomic E-state index is -0.322. The SMILES string of the molecule is CC(=O)Nc1ccc(C(=O)N/N=C\c2cc(C)n(-c3ccc(Br)cc3)c2C)cc1. The molecule has 0 saturated carbocycles. The van der Waals surface area contributed by atoms with E-state index in [1.54, 1.807) is 30.5 Å². The summed E-state index contributed by atoms with van der Waals surface area (Å²) in [4.78, 5) is 23.3. The van der Waals surface area contributed by atoms with E-state index in [0.29, 0.717) is 11.3 Å². The van der Waals surface area contributed by atoms with E-state index < -0.39 is 0 Å². The molecular formula is C22H21BrN4O2. The maximum absolute atomic E-state index is 12.3. The molecule has 2 N–H and O–H groups in total. The fourth-order valence-electron chi connectivity index (χ4n) is 3.04. The van der Waals surface area contributed by atoms with Crippen molar-refractivity contribution in [2.75, 3.05) is 5.32 Å². The monoisotopic (exact) mass is 452 g/mol. The standard InChI is InChI=1S/C22H21BrN4O2/c1-14-12-18(15(2)27(14)21-10-6-19(23)7-11-21)13-24-26-22(29)17-4-8-20(9-5-17)25-16(3)28/h4-13H,1-3H3,(H,25,28)(H,26,29)/b24-13-. The summed E-state index contributed by atoms with van der Waals surface area (Å²) in [5.74, 6) is -0.482. The van der Waals surface area contributed by atoms with E-state index in [9.17, 15) is 9.59 Å². The molecule has 0 atom stereocenters. The number of halogens is 1. The Labute approximate surface area is 177 Å². The van der Waals surface area contributed by atoms with Crippen molar-refractivity contribution in [2.45, 2.75) is 20.8 Å². The van der Waals surface area contributed by atoms with Gasteiger partial charge in [0.05, 0.1) is 6.21 Å². The lowest BCUT2D eigenvalue weighted by Crippen LogP contribution is -2.17. The van der Waals surface area contributed by atoms with Crippen LogP contribution in [0.25, 0.3) is 5.69 Å². The van der Waals surface area contributed by atoms with Gasteiger partial charge in [0.15, 0.2) is 0 Å². The van der Waals surface area contributed by atoms with Crippen LogP contribution in [0.4, 0.5) is 5.69 Å². The predicted octanol–water partition coefficient (Wildman–Crippen LogP) is 4.58. The Bertz CT molecular complexity index is 1070. The fraction of sp³-hybridized carbons (Fsp3) is 0.136. The fourth-order valence-corrected chi connectivity index (χ4v) is 3.30. The maximum atomic E-state index is 12.3. The van der Waals surface area contributed by atoms with Gasteiger partial charge < -0.3 is 9.88 Å². The molecule has 2 aromatic carbocycles. The van der Waals surface area contributed by atoms with Crippen LogP contribution in [0.1, 0.15) is 34.2 Å². The van der Waals surface area contributed by atoms with E-state index >= 15 is 0 Å². The van der Waals surface area contributed by atoms with Gasteiger partial charge in [0.2, 0.25) is 5.91 Å². The number of hydrazone groups is 1. The Balaban J connectivity index is 1.70. The van der Waals surface area contributed by atoms with Crippen molar-refractivity contribution in [3.63, 3.8) is 0 Å². The number of nitrogens with zero attached hydrogens (tertiary/aromatic N) is 2. The van der Waals surface area contributed by atoms with Gasteiger partial charge >= 0.3 is 0 Å². The Morgan fingerprint density at radius 1 is 1.03 bits per heavy atom. The van der Waals surface area contributed by atoms with Crippen LogP contribution in [0.2, 0.25) is 0 Å². The van der Waals surface area contributed by atoms with Gasteiger partial charge in [-0.2, -0.15) is 5.10 Å². The van der Waals surface area contributed by atoms with Gasteiger partial charge in [0, 0.05) is 45.3 Å². The van der Waals surface area contributed by atoms with Gasteiger partial charge in [-0.25, -0.2) is 5.43 Å². The van der Waals surface area contributed by atoms with Crippen molar-refractivity contribution in [2.24, 2.45) is 5.10 Å². The largest absolute Gasteiger partial charge is 0.326 e. The number of carbonyl (C=O) groups excluding carboxylic acids is 2. The molecule has 0 aliphatic carbocycles. The highest BCUT2D eigenvalue weighted by atomic mass is 79.9. The first-order valence-electron chi connectivity index (χ1n) is 9.01. The van der Waals surface area contributed by atoms with E-state index in [2.05, 4.69) is 36.3 Å². The third-order valence-corrected chi connectivity index (χ3v) is 4.92. The Morgan fingerprint density at radius 3 is 2.31 bits per heavy atom. The molecule has 0 bridgehead atoms. The lowest BCUT2D eigenvalue weighted by atomic mass is 10.2. The lowest BCUT2D eigenvalue weighted by molar-refractivity contribution is -0.114. The number of benzene rings is 2. The summed E-state index contributed by atoms with van der Waals surface area (Å²) < 4.78 is 3.16. The van der Waals surface area contributed by atoms with Crippen molar-refractivity contribution >= 4 is 39.6 Å². The number of carbonyl (C=O) groups is 2. The highest BCUT2D eigenvalue weighted by Crippen LogP contribution is 2.21. The van der Waals surface area contributed by atoms with E-state index in [1.807, 2.05) is 44.2 Å². The molecule has 3 aromatic rings. The average Bonchev–Trinajstić information content (AvgIpc) is 2.96. The number of aryl methyl sites for hydroxylation is 1. The molecule has 1 heterocycles. The van der Waals surface area contributed by atoms with Crippen LogP contribution in [0.5, 0.6) is 0 Å². The van der Waals surface area contributed by atoms with Crippen LogP contribution < -0.4 is 10.7 Å². The number of aromatic nitrogens is 1. The first-order chi connectivity index (χ1) is 13.8. The minimum absolute atomic E-state index is 0.160. The van der Waals surface area contributed by atoms with Crippen LogP contribution in [0, 0.1) is 13.8 Å². The minimum Gasteiger partial charge on any atom is -0.326 e. The molecule has 3 rings (SSSR count). The topological polar surface area (TPSA) is 75.5 Å². The van der Waals surface area contributed by atoms with Gasteiger partial charge in [-0.3, -0.25) is 9.59 Å². The average molecular weight is 453 g/mol. The smallest absolute Gasteiger partial charge is 0.271 e. The van der Waals surface area contributed by atoms with Crippen molar-refractivity contribution in [1.82, 2.24) is 9.99 Å². The summed E-state index contributed by atoms with van der Waals surface area (Å²) >= 11 is 3.45. The second-order valence-corrected chi connectivity index (χ2v) is 7.51. The van der Waals surface area contributed by atoms with Gasteiger partial charge in [-0.05, 0) is 68.4 Å². The number of nitrogens with one attached hydrogen (secondary N) is 2. The molecule has 1 aromatic heterocycles. The van der Waals surface area contributed by atoms with Crippen LogP contribution in [-0.2, 0) is 4.79 Å². The molecule has 6 nitrogen and oxygen atoms in total. The van der Waals surface area contributed by atoms with Gasteiger partial charge in [0.1, 0.15) is 0 Å². The number of hydrogen-bond acceptors (Lipinski definition) is 3. The summed E-state index contributed by atoms with van der Waals surface area (Å²) in [7, 11) is 0. The van der Waals surface area contributed by atoms with E-state index in [1.165, 1.54) is 6.92 Å². The quantitative estimate of drug-likeness (QED) is 0.439. The summed E-state index contributed by atoms with van der Waals surface area (Å²) in [6.45, 7) is 5.48. The Kier molecular flexibility index (Phi) is 6.29. The van der Waals surface area contributed by atoms with E-state index in [-0.39, 0.29) is 11.8 Å². The van der Waals surface area contributed by atoms with E-state index in [4.69, 9.17) is 0 Å². The molecule has 148 valence electrons. The second kappa shape index (κ2) is 8.87. The molecule has 0 saturated heterocycles. The van der Waals surface area contributed by atoms with Crippen LogP contribution in [0.15, 0.2) is 64.2 Å². The van der Waals surface area contributed by atoms with E-state index in [0.717, 1.165) is 27.1 Å². The molecular weight excluding hydrogens is 432 g/mol. The third-order valence-electron chi connectivity index (χ3n) is 4.39. The predicted molar refractivity (Wildman–Crippen MR) is 119 cm³/mol. The third kappa shape index (κ3) is 5.00. The second-order valence-electron chi connectivity index (χ2n) is 6.60. The Morgan fingerprint density at radius 2 is 1.69 bits per heavy atom. The van der Waals surface area contributed by atoms with Crippen LogP contribution >= 0.6 is 15.9 Å². The lowest BCUT2D eigenvalue weighted by Gasteiger charge is -2.09. The van der Waals surface area contributed by atoms with Crippen molar-refractivity contribution in [1.29, 1.82) is 0 Å². The molecule has 0 aliphatic heterocycles. The number of anilines is 1. The van der Waals surface area contributed by atoms with Crippen molar-refractivity contribution in [3.05, 3.63) is 81.6 Å². The summed E-state index contributed by atoms with van der Waals surface area (Å²) in [6.07, 6.45) is 1.64. The maximum Gasteiger partial charge on any atom is 0.271 e. The van der Waals surface area contributed by atoms with Crippen LogP contribution in [0.3, 0.4) is 0 Å². The molecule has 0 radical (unpaired) electrons. The van der Waals surface area contributed by atoms with Gasteiger partial charge in [0.25, 0.3) is 5.91 Å². The Hall–Kier alpha value is -3.19. The normalized spacial score (nSPS) is 10.9.